The average Bonchev–Trinajstić information content (AvgIpc) is 2.66. The monoisotopic (exact) mass is 302 g/mol. The minimum Gasteiger partial charge on any atom is -0.331 e. The first kappa shape index (κ1) is 12.5. The van der Waals surface area contributed by atoms with Crippen molar-refractivity contribution < 1.29 is 4.39 Å². The summed E-state index contributed by atoms with van der Waals surface area (Å²) >= 11 is 13.1. The summed E-state index contributed by atoms with van der Waals surface area (Å²) in [5, 5.41) is 0.129. The molecule has 0 radical (unpaired) electrons. The Kier molecular flexibility index (Phi) is 3.38. The molecule has 96 valence electrons. The zero-order valence-corrected chi connectivity index (χ0v) is 12.0. The number of imidazole rings is 1. The van der Waals surface area contributed by atoms with Gasteiger partial charge in [0.05, 0.1) is 16.1 Å². The summed E-state index contributed by atoms with van der Waals surface area (Å²) in [6.45, 7) is 0. The molecule has 1 atom stereocenters. The molecule has 1 saturated heterocycles. The Balaban J connectivity index is 2.18. The Hall–Kier alpha value is -0.520. The molecule has 0 amide bonds. The van der Waals surface area contributed by atoms with E-state index < -0.39 is 5.82 Å². The van der Waals surface area contributed by atoms with Gasteiger partial charge >= 0.3 is 0 Å². The van der Waals surface area contributed by atoms with Crippen molar-refractivity contribution in [2.75, 3.05) is 11.5 Å². The quantitative estimate of drug-likeness (QED) is 0.780. The number of aromatic amines is 1. The van der Waals surface area contributed by atoms with Crippen molar-refractivity contribution in [2.24, 2.45) is 0 Å². The predicted octanol–water partition coefficient (Wildman–Crippen LogP) is 4.56. The number of nitrogens with zero attached hydrogens (tertiary/aromatic N) is 1. The lowest BCUT2D eigenvalue weighted by Crippen LogP contribution is -2.16. The molecule has 18 heavy (non-hydrogen) atoms. The molecule has 1 aliphatic heterocycles. The van der Waals surface area contributed by atoms with Crippen LogP contribution in [-0.4, -0.2) is 21.1 Å². The van der Waals surface area contributed by atoms with Crippen LogP contribution in [0.3, 0.4) is 0 Å². The molecule has 0 aliphatic carbocycles. The molecular formula is C12H12ClFN2S2. The Labute approximate surface area is 119 Å². The van der Waals surface area contributed by atoms with Gasteiger partial charge in [-0.15, -0.1) is 0 Å². The number of hydrogen-bond acceptors (Lipinski definition) is 2. The molecule has 6 heteroatoms. The summed E-state index contributed by atoms with van der Waals surface area (Å²) in [6.07, 6.45) is 2.28. The van der Waals surface area contributed by atoms with Crippen LogP contribution in [0.1, 0.15) is 18.9 Å². The van der Waals surface area contributed by atoms with E-state index in [1.54, 1.807) is 6.07 Å². The van der Waals surface area contributed by atoms with E-state index in [1.807, 2.05) is 16.3 Å². The second-order valence-corrected chi connectivity index (χ2v) is 6.40. The number of halogens is 2. The zero-order chi connectivity index (χ0) is 12.7. The van der Waals surface area contributed by atoms with Gasteiger partial charge in [-0.25, -0.2) is 4.39 Å². The van der Waals surface area contributed by atoms with Crippen LogP contribution in [0.5, 0.6) is 0 Å². The van der Waals surface area contributed by atoms with Crippen LogP contribution in [0, 0.1) is 10.6 Å². The van der Waals surface area contributed by atoms with Gasteiger partial charge in [-0.2, -0.15) is 11.8 Å². The summed E-state index contributed by atoms with van der Waals surface area (Å²) in [7, 11) is 0. The Morgan fingerprint density at radius 1 is 1.50 bits per heavy atom. The lowest BCUT2D eigenvalue weighted by Gasteiger charge is -2.23. The van der Waals surface area contributed by atoms with E-state index in [2.05, 4.69) is 4.98 Å². The summed E-state index contributed by atoms with van der Waals surface area (Å²) in [5.41, 5.74) is 1.62. The normalized spacial score (nSPS) is 20.4. The molecule has 0 spiro atoms. The van der Waals surface area contributed by atoms with E-state index in [0.29, 0.717) is 10.8 Å². The predicted molar refractivity (Wildman–Crippen MR) is 77.7 cm³/mol. The van der Waals surface area contributed by atoms with E-state index in [1.165, 1.54) is 18.2 Å². The van der Waals surface area contributed by atoms with E-state index >= 15 is 0 Å². The van der Waals surface area contributed by atoms with Crippen LogP contribution in [0.25, 0.3) is 11.0 Å². The highest BCUT2D eigenvalue weighted by atomic mass is 35.5. The number of aromatic nitrogens is 2. The molecule has 2 nitrogen and oxygen atoms in total. The molecule has 1 unspecified atom stereocenters. The fourth-order valence-electron chi connectivity index (χ4n) is 2.41. The highest BCUT2D eigenvalue weighted by Gasteiger charge is 2.19. The summed E-state index contributed by atoms with van der Waals surface area (Å²) in [4.78, 5) is 3.11. The maximum Gasteiger partial charge on any atom is 0.178 e. The van der Waals surface area contributed by atoms with Crippen LogP contribution in [0.2, 0.25) is 5.02 Å². The number of hydrogen-bond donors (Lipinski definition) is 1. The summed E-state index contributed by atoms with van der Waals surface area (Å²) in [5.74, 6) is 1.84. The molecule has 3 rings (SSSR count). The molecular weight excluding hydrogens is 291 g/mol. The van der Waals surface area contributed by atoms with Gasteiger partial charge in [0.15, 0.2) is 4.77 Å². The first-order valence-electron chi connectivity index (χ1n) is 5.84. The van der Waals surface area contributed by atoms with Gasteiger partial charge in [-0.3, -0.25) is 0 Å². The van der Waals surface area contributed by atoms with Crippen molar-refractivity contribution in [3.8, 4) is 0 Å². The number of thioether (sulfide) groups is 1. The van der Waals surface area contributed by atoms with Crippen LogP contribution in [0.15, 0.2) is 12.1 Å². The first-order chi connectivity index (χ1) is 8.66. The first-order valence-corrected chi connectivity index (χ1v) is 7.78. The van der Waals surface area contributed by atoms with Crippen molar-refractivity contribution in [3.05, 3.63) is 27.7 Å². The van der Waals surface area contributed by atoms with Gasteiger partial charge in [-0.1, -0.05) is 11.6 Å². The fourth-order valence-corrected chi connectivity index (χ4v) is 4.06. The molecule has 0 saturated carbocycles. The van der Waals surface area contributed by atoms with Crippen LogP contribution < -0.4 is 0 Å². The van der Waals surface area contributed by atoms with Crippen molar-refractivity contribution in [2.45, 2.75) is 18.9 Å². The van der Waals surface area contributed by atoms with Gasteiger partial charge < -0.3 is 9.55 Å². The van der Waals surface area contributed by atoms with Crippen molar-refractivity contribution in [3.63, 3.8) is 0 Å². The van der Waals surface area contributed by atoms with Gasteiger partial charge in [-0.05, 0) is 36.9 Å². The van der Waals surface area contributed by atoms with E-state index in [-0.39, 0.29) is 5.02 Å². The second-order valence-electron chi connectivity index (χ2n) is 4.45. The number of H-pyrrole nitrogens is 1. The second kappa shape index (κ2) is 4.87. The minimum absolute atomic E-state index is 0.129. The average molecular weight is 303 g/mol. The van der Waals surface area contributed by atoms with Crippen molar-refractivity contribution in [1.29, 1.82) is 0 Å². The van der Waals surface area contributed by atoms with Gasteiger partial charge in [0.25, 0.3) is 0 Å². The standard InChI is InChI=1S/C12H12ClFN2S2/c13-8-4-10-11(5-9(8)14)16(12(17)15-10)7-2-1-3-18-6-7/h4-5,7H,1-3,6H2,(H,15,17). The highest BCUT2D eigenvalue weighted by molar-refractivity contribution is 7.99. The van der Waals surface area contributed by atoms with Gasteiger partial charge in [0, 0.05) is 17.9 Å². The maximum absolute atomic E-state index is 13.6. The number of fused-ring (bicyclic) bond motifs is 1. The SMILES string of the molecule is Fc1cc2c(cc1Cl)[nH]c(=S)n2C1CCCSC1. The Morgan fingerprint density at radius 2 is 2.33 bits per heavy atom. The molecule has 1 N–H and O–H groups in total. The lowest BCUT2D eigenvalue weighted by molar-refractivity contribution is 0.505. The van der Waals surface area contributed by atoms with Crippen molar-refractivity contribution >= 4 is 46.6 Å². The van der Waals surface area contributed by atoms with E-state index in [0.717, 1.165) is 23.2 Å². The smallest absolute Gasteiger partial charge is 0.178 e. The summed E-state index contributed by atoms with van der Waals surface area (Å²) in [6, 6.07) is 3.43. The molecule has 1 aromatic carbocycles. The third-order valence-electron chi connectivity index (χ3n) is 3.26. The largest absolute Gasteiger partial charge is 0.331 e. The van der Waals surface area contributed by atoms with Crippen LogP contribution >= 0.6 is 35.6 Å². The third-order valence-corrected chi connectivity index (χ3v) is 5.05. The third kappa shape index (κ3) is 2.08. The van der Waals surface area contributed by atoms with Crippen molar-refractivity contribution in [1.82, 2.24) is 9.55 Å². The minimum atomic E-state index is -0.393. The van der Waals surface area contributed by atoms with E-state index in [4.69, 9.17) is 23.8 Å². The highest BCUT2D eigenvalue weighted by Crippen LogP contribution is 2.31. The molecule has 2 aromatic rings. The molecule has 1 aromatic heterocycles. The molecule has 2 heterocycles. The molecule has 1 fully saturated rings. The maximum atomic E-state index is 13.6. The topological polar surface area (TPSA) is 20.7 Å². The summed E-state index contributed by atoms with van der Waals surface area (Å²) < 4.78 is 16.3. The van der Waals surface area contributed by atoms with Gasteiger partial charge in [0.1, 0.15) is 5.82 Å². The van der Waals surface area contributed by atoms with Crippen LogP contribution in [0.4, 0.5) is 4.39 Å². The number of benzene rings is 1. The van der Waals surface area contributed by atoms with Crippen LogP contribution in [-0.2, 0) is 0 Å². The number of rotatable bonds is 1. The van der Waals surface area contributed by atoms with E-state index in [9.17, 15) is 4.39 Å². The Morgan fingerprint density at radius 3 is 3.06 bits per heavy atom. The molecule has 1 aliphatic rings. The Bertz CT molecular complexity index is 643. The van der Waals surface area contributed by atoms with Gasteiger partial charge in [0.2, 0.25) is 0 Å². The fraction of sp³-hybridized carbons (Fsp3) is 0.417. The lowest BCUT2D eigenvalue weighted by atomic mass is 10.2. The number of nitrogens with one attached hydrogen (secondary N) is 1. The zero-order valence-electron chi connectivity index (χ0n) is 9.58. The molecule has 0 bridgehead atoms.